The molecule has 1 aliphatic rings. The Bertz CT molecular complexity index is 854. The van der Waals surface area contributed by atoms with E-state index >= 15 is 0 Å². The van der Waals surface area contributed by atoms with Crippen LogP contribution in [0.4, 0.5) is 4.79 Å². The van der Waals surface area contributed by atoms with E-state index in [0.29, 0.717) is 39.1 Å². The van der Waals surface area contributed by atoms with Crippen LogP contribution < -0.4 is 9.47 Å². The van der Waals surface area contributed by atoms with Crippen LogP contribution in [0.25, 0.3) is 6.08 Å². The molecule has 1 aromatic carbocycles. The lowest BCUT2D eigenvalue weighted by Crippen LogP contribution is -2.33. The van der Waals surface area contributed by atoms with E-state index in [1.54, 1.807) is 19.1 Å². The van der Waals surface area contributed by atoms with Crippen LogP contribution in [-0.4, -0.2) is 60.0 Å². The predicted octanol–water partition coefficient (Wildman–Crippen LogP) is 2.52. The Morgan fingerprint density at radius 3 is 2.54 bits per heavy atom. The molecule has 0 radical (unpaired) electrons. The van der Waals surface area contributed by atoms with Crippen molar-refractivity contribution in [3.8, 4) is 11.5 Å². The summed E-state index contributed by atoms with van der Waals surface area (Å²) in [6, 6.07) is 3.13. The van der Waals surface area contributed by atoms with E-state index in [0.717, 1.165) is 0 Å². The summed E-state index contributed by atoms with van der Waals surface area (Å²) < 4.78 is 16.0. The maximum absolute atomic E-state index is 12.3. The van der Waals surface area contributed by atoms with Gasteiger partial charge in [-0.2, -0.15) is 0 Å². The fourth-order valence-electron chi connectivity index (χ4n) is 2.15. The molecular weight excluding hydrogens is 458 g/mol. The number of hydrogen-bond acceptors (Lipinski definition) is 8. The van der Waals surface area contributed by atoms with Crippen LogP contribution in [0.5, 0.6) is 11.5 Å². The number of aliphatic carboxylic acids is 1. The van der Waals surface area contributed by atoms with Crippen LogP contribution in [-0.2, 0) is 19.1 Å². The molecule has 150 valence electrons. The Hall–Kier alpha value is -2.53. The van der Waals surface area contributed by atoms with Gasteiger partial charge in [0.15, 0.2) is 18.1 Å². The van der Waals surface area contributed by atoms with Crippen LogP contribution >= 0.6 is 27.7 Å². The van der Waals surface area contributed by atoms with Gasteiger partial charge in [0.2, 0.25) is 0 Å². The maximum atomic E-state index is 12.3. The van der Waals surface area contributed by atoms with Gasteiger partial charge in [-0.3, -0.25) is 19.3 Å². The van der Waals surface area contributed by atoms with Crippen LogP contribution in [0.1, 0.15) is 12.5 Å². The van der Waals surface area contributed by atoms with Gasteiger partial charge in [-0.25, -0.2) is 4.79 Å². The second-order valence-electron chi connectivity index (χ2n) is 5.28. The van der Waals surface area contributed by atoms with E-state index in [1.807, 2.05) is 0 Å². The van der Waals surface area contributed by atoms with Crippen molar-refractivity contribution in [2.75, 3.05) is 26.9 Å². The third kappa shape index (κ3) is 5.26. The molecule has 28 heavy (non-hydrogen) atoms. The third-order valence-corrected chi connectivity index (χ3v) is 4.98. The van der Waals surface area contributed by atoms with Crippen LogP contribution in [0.3, 0.4) is 0 Å². The first-order valence-electron chi connectivity index (χ1n) is 7.90. The first-order chi connectivity index (χ1) is 13.3. The number of carboxylic acid groups (broad SMARTS) is 1. The summed E-state index contributed by atoms with van der Waals surface area (Å²) in [5.74, 6) is -1.92. The molecule has 0 spiro atoms. The molecule has 1 aliphatic heterocycles. The van der Waals surface area contributed by atoms with Crippen molar-refractivity contribution in [1.29, 1.82) is 0 Å². The Kier molecular flexibility index (Phi) is 7.46. The van der Waals surface area contributed by atoms with E-state index in [9.17, 15) is 19.2 Å². The van der Waals surface area contributed by atoms with Gasteiger partial charge in [0.05, 0.1) is 18.6 Å². The summed E-state index contributed by atoms with van der Waals surface area (Å²) in [5, 5.41) is 8.16. The maximum Gasteiger partial charge on any atom is 0.343 e. The topological polar surface area (TPSA) is 119 Å². The second kappa shape index (κ2) is 9.60. The second-order valence-corrected chi connectivity index (χ2v) is 7.13. The summed E-state index contributed by atoms with van der Waals surface area (Å²) in [5.41, 5.74) is 0.509. The van der Waals surface area contributed by atoms with Crippen molar-refractivity contribution >= 4 is 56.9 Å². The minimum atomic E-state index is -1.28. The van der Waals surface area contributed by atoms with Gasteiger partial charge in [-0.15, -0.1) is 0 Å². The number of carbonyl (C=O) groups is 4. The number of ether oxygens (including phenoxy) is 3. The molecule has 0 aliphatic carbocycles. The average molecular weight is 474 g/mol. The van der Waals surface area contributed by atoms with E-state index in [1.165, 1.54) is 13.2 Å². The fraction of sp³-hybridized carbons (Fsp3) is 0.294. The van der Waals surface area contributed by atoms with Crippen molar-refractivity contribution in [1.82, 2.24) is 4.90 Å². The standard InChI is InChI=1S/C17H16BrNO8S/c1-3-26-11-4-9(10(18)6-12(11)27-8-15(22)25-2)5-13-16(23)19(7-14(20)21)17(24)28-13/h4-6H,3,7-8H2,1-2H3,(H,20,21)/b13-5+. The Morgan fingerprint density at radius 1 is 1.25 bits per heavy atom. The number of carboxylic acids is 1. The molecule has 1 N–H and O–H groups in total. The van der Waals surface area contributed by atoms with Gasteiger partial charge >= 0.3 is 11.9 Å². The number of benzene rings is 1. The predicted molar refractivity (Wildman–Crippen MR) is 103 cm³/mol. The summed E-state index contributed by atoms with van der Waals surface area (Å²) in [6.07, 6.45) is 1.45. The average Bonchev–Trinajstić information content (AvgIpc) is 2.89. The summed E-state index contributed by atoms with van der Waals surface area (Å²) in [7, 11) is 1.24. The van der Waals surface area contributed by atoms with Crippen LogP contribution in [0.15, 0.2) is 21.5 Å². The van der Waals surface area contributed by atoms with Gasteiger partial charge in [-0.1, -0.05) is 15.9 Å². The highest BCUT2D eigenvalue weighted by Crippen LogP contribution is 2.38. The smallest absolute Gasteiger partial charge is 0.343 e. The lowest BCUT2D eigenvalue weighted by atomic mass is 10.2. The summed E-state index contributed by atoms with van der Waals surface area (Å²) in [4.78, 5) is 47.0. The Labute approximate surface area is 172 Å². The number of carbonyl (C=O) groups excluding carboxylic acids is 3. The molecule has 0 atom stereocenters. The Balaban J connectivity index is 2.33. The molecule has 1 fully saturated rings. The number of hydrogen-bond donors (Lipinski definition) is 1. The van der Waals surface area contributed by atoms with Gasteiger partial charge in [0, 0.05) is 4.47 Å². The summed E-state index contributed by atoms with van der Waals surface area (Å²) in [6.45, 7) is 1.08. The highest BCUT2D eigenvalue weighted by atomic mass is 79.9. The van der Waals surface area contributed by atoms with Crippen molar-refractivity contribution in [2.24, 2.45) is 0 Å². The van der Waals surface area contributed by atoms with Crippen molar-refractivity contribution in [2.45, 2.75) is 6.92 Å². The van der Waals surface area contributed by atoms with Gasteiger partial charge < -0.3 is 19.3 Å². The van der Waals surface area contributed by atoms with E-state index in [4.69, 9.17) is 14.6 Å². The molecule has 1 saturated heterocycles. The number of esters is 1. The van der Waals surface area contributed by atoms with Gasteiger partial charge in [0.25, 0.3) is 11.1 Å². The largest absolute Gasteiger partial charge is 0.490 e. The quantitative estimate of drug-likeness (QED) is 0.448. The molecule has 1 heterocycles. The van der Waals surface area contributed by atoms with E-state index < -0.39 is 29.6 Å². The molecule has 0 saturated carbocycles. The molecule has 9 nitrogen and oxygen atoms in total. The lowest BCUT2D eigenvalue weighted by Gasteiger charge is -2.13. The number of nitrogens with zero attached hydrogens (tertiary/aromatic N) is 1. The van der Waals surface area contributed by atoms with Crippen molar-refractivity contribution < 1.29 is 38.5 Å². The number of imide groups is 1. The number of rotatable bonds is 8. The SMILES string of the molecule is CCOc1cc(/C=C2/SC(=O)N(CC(=O)O)C2=O)c(Br)cc1OCC(=O)OC. The molecule has 2 rings (SSSR count). The van der Waals surface area contributed by atoms with Crippen molar-refractivity contribution in [3.63, 3.8) is 0 Å². The molecule has 11 heteroatoms. The number of amides is 2. The number of thioether (sulfide) groups is 1. The minimum Gasteiger partial charge on any atom is -0.490 e. The van der Waals surface area contributed by atoms with Gasteiger partial charge in [-0.05, 0) is 42.5 Å². The molecule has 2 amide bonds. The molecule has 0 bridgehead atoms. The van der Waals surface area contributed by atoms with E-state index in [2.05, 4.69) is 20.7 Å². The fourth-order valence-corrected chi connectivity index (χ4v) is 3.42. The summed E-state index contributed by atoms with van der Waals surface area (Å²) >= 11 is 3.99. The first-order valence-corrected chi connectivity index (χ1v) is 9.50. The zero-order valence-electron chi connectivity index (χ0n) is 14.9. The zero-order valence-corrected chi connectivity index (χ0v) is 17.3. The number of methoxy groups -OCH3 is 1. The Morgan fingerprint density at radius 2 is 1.93 bits per heavy atom. The van der Waals surface area contributed by atoms with Crippen molar-refractivity contribution in [3.05, 3.63) is 27.1 Å². The van der Waals surface area contributed by atoms with Gasteiger partial charge in [0.1, 0.15) is 6.54 Å². The molecular formula is C17H16BrNO8S. The van der Waals surface area contributed by atoms with Crippen LogP contribution in [0.2, 0.25) is 0 Å². The third-order valence-electron chi connectivity index (χ3n) is 3.39. The molecule has 1 aromatic rings. The zero-order chi connectivity index (χ0) is 20.8. The lowest BCUT2D eigenvalue weighted by molar-refractivity contribution is -0.143. The monoisotopic (exact) mass is 473 g/mol. The molecule has 0 unspecified atom stereocenters. The van der Waals surface area contributed by atoms with Crippen LogP contribution in [0, 0.1) is 0 Å². The first kappa shape index (κ1) is 21.8. The highest BCUT2D eigenvalue weighted by Gasteiger charge is 2.36. The normalized spacial score (nSPS) is 15.1. The number of halogens is 1. The molecule has 0 aromatic heterocycles. The highest BCUT2D eigenvalue weighted by molar-refractivity contribution is 9.10. The minimum absolute atomic E-state index is 0.0811. The van der Waals surface area contributed by atoms with E-state index in [-0.39, 0.29) is 17.3 Å².